The predicted octanol–water partition coefficient (Wildman–Crippen LogP) is 0.478. The first-order valence-corrected chi connectivity index (χ1v) is 7.38. The number of aliphatic hydroxyl groups is 1. The fourth-order valence-electron chi connectivity index (χ4n) is 2.36. The first-order chi connectivity index (χ1) is 12.0. The molecule has 0 bridgehead atoms. The molecule has 1 N–H and O–H groups in total. The Labute approximate surface area is 141 Å². The number of ether oxygens (including phenoxy) is 1. The summed E-state index contributed by atoms with van der Waals surface area (Å²) in [6, 6.07) is 5.65. The third-order valence-electron chi connectivity index (χ3n) is 3.60. The molecular weight excluding hydrogens is 330 g/mol. The molecule has 0 aliphatic carbocycles. The molecule has 2 aromatic heterocycles. The summed E-state index contributed by atoms with van der Waals surface area (Å²) in [4.78, 5) is 26.7. The van der Waals surface area contributed by atoms with Crippen molar-refractivity contribution in [1.82, 2.24) is 19.3 Å². The topological polar surface area (TPSA) is 125 Å². The van der Waals surface area contributed by atoms with Crippen molar-refractivity contribution >= 4 is 16.7 Å². The Morgan fingerprint density at radius 2 is 2.24 bits per heavy atom. The van der Waals surface area contributed by atoms with Gasteiger partial charge in [-0.15, -0.1) is 0 Å². The fraction of sp³-hybridized carbons (Fsp3) is 0.267. The zero-order valence-corrected chi connectivity index (χ0v) is 13.3. The lowest BCUT2D eigenvalue weighted by molar-refractivity contribution is -0.384. The highest BCUT2D eigenvalue weighted by molar-refractivity contribution is 5.72. The average Bonchev–Trinajstić information content (AvgIpc) is 2.97. The molecule has 3 rings (SSSR count). The zero-order chi connectivity index (χ0) is 18.0. The molecule has 0 saturated heterocycles. The molecule has 0 aliphatic heterocycles. The van der Waals surface area contributed by atoms with Gasteiger partial charge in [0.1, 0.15) is 30.2 Å². The lowest BCUT2D eigenvalue weighted by atomic mass is 10.3. The maximum absolute atomic E-state index is 12.3. The molecule has 0 radical (unpaired) electrons. The molecule has 0 fully saturated rings. The standard InChI is InChI=1S/C15H15N5O5/c1-18-14-13(6-17-18)15(22)19(9-16-14)7-11(21)8-25-12-4-2-3-10(5-12)20(23)24/h2-6,9,11,21H,7-8H2,1H3. The van der Waals surface area contributed by atoms with Crippen molar-refractivity contribution < 1.29 is 14.8 Å². The Morgan fingerprint density at radius 3 is 3.00 bits per heavy atom. The van der Waals surface area contributed by atoms with Gasteiger partial charge in [-0.25, -0.2) is 4.98 Å². The summed E-state index contributed by atoms with van der Waals surface area (Å²) in [6.45, 7) is -0.149. The van der Waals surface area contributed by atoms with Gasteiger partial charge in [-0.1, -0.05) is 6.07 Å². The quantitative estimate of drug-likeness (QED) is 0.508. The molecule has 3 aromatic rings. The Morgan fingerprint density at radius 1 is 1.44 bits per heavy atom. The van der Waals surface area contributed by atoms with Crippen LogP contribution in [0.25, 0.3) is 11.0 Å². The summed E-state index contributed by atoms with van der Waals surface area (Å²) >= 11 is 0. The van der Waals surface area contributed by atoms with E-state index >= 15 is 0 Å². The van der Waals surface area contributed by atoms with Gasteiger partial charge in [0.25, 0.3) is 11.2 Å². The summed E-state index contributed by atoms with van der Waals surface area (Å²) in [5.41, 5.74) is 0.0468. The fourth-order valence-corrected chi connectivity index (χ4v) is 2.36. The summed E-state index contributed by atoms with van der Waals surface area (Å²) in [5.74, 6) is 0.265. The Bertz CT molecular complexity index is 980. The first-order valence-electron chi connectivity index (χ1n) is 7.38. The number of benzene rings is 1. The molecule has 0 aliphatic rings. The lowest BCUT2D eigenvalue weighted by Gasteiger charge is -2.13. The number of fused-ring (bicyclic) bond motifs is 1. The maximum Gasteiger partial charge on any atom is 0.273 e. The molecule has 1 aromatic carbocycles. The van der Waals surface area contributed by atoms with Crippen LogP contribution in [0.4, 0.5) is 5.69 Å². The SMILES string of the molecule is Cn1ncc2c(=O)n(CC(O)COc3cccc([N+](=O)[O-])c3)cnc21. The maximum atomic E-state index is 12.3. The second kappa shape index (κ2) is 6.69. The van der Waals surface area contributed by atoms with E-state index in [0.717, 1.165) is 0 Å². The zero-order valence-electron chi connectivity index (χ0n) is 13.3. The van der Waals surface area contributed by atoms with Crippen LogP contribution < -0.4 is 10.3 Å². The lowest BCUT2D eigenvalue weighted by Crippen LogP contribution is -2.30. The molecule has 130 valence electrons. The van der Waals surface area contributed by atoms with Crippen molar-refractivity contribution in [3.05, 3.63) is 57.3 Å². The second-order valence-corrected chi connectivity index (χ2v) is 5.43. The number of nitro benzene ring substituents is 1. The van der Waals surface area contributed by atoms with Crippen LogP contribution in [0.2, 0.25) is 0 Å². The highest BCUT2D eigenvalue weighted by atomic mass is 16.6. The van der Waals surface area contributed by atoms with E-state index in [1.807, 2.05) is 0 Å². The minimum atomic E-state index is -0.993. The van der Waals surface area contributed by atoms with E-state index in [1.165, 1.54) is 40.0 Å². The van der Waals surface area contributed by atoms with Crippen molar-refractivity contribution in [3.63, 3.8) is 0 Å². The number of hydrogen-bond acceptors (Lipinski definition) is 7. The largest absolute Gasteiger partial charge is 0.491 e. The van der Waals surface area contributed by atoms with Gasteiger partial charge in [-0.3, -0.25) is 24.2 Å². The molecule has 10 nitrogen and oxygen atoms in total. The van der Waals surface area contributed by atoms with Gasteiger partial charge in [-0.05, 0) is 6.07 Å². The number of non-ortho nitro benzene ring substituents is 1. The summed E-state index contributed by atoms with van der Waals surface area (Å²) in [5, 5.41) is 25.1. The van der Waals surface area contributed by atoms with Crippen molar-refractivity contribution in [2.75, 3.05) is 6.61 Å². The van der Waals surface area contributed by atoms with Crippen LogP contribution in [0.1, 0.15) is 0 Å². The van der Waals surface area contributed by atoms with Gasteiger partial charge in [0, 0.05) is 13.1 Å². The summed E-state index contributed by atoms with van der Waals surface area (Å²) in [6.07, 6.45) is 1.77. The third-order valence-corrected chi connectivity index (χ3v) is 3.60. The predicted molar refractivity (Wildman–Crippen MR) is 87.4 cm³/mol. The smallest absolute Gasteiger partial charge is 0.273 e. The molecule has 0 saturated carbocycles. The molecule has 0 amide bonds. The van der Waals surface area contributed by atoms with E-state index in [4.69, 9.17) is 4.74 Å². The van der Waals surface area contributed by atoms with Crippen molar-refractivity contribution in [2.24, 2.45) is 7.05 Å². The molecule has 1 unspecified atom stereocenters. The molecule has 25 heavy (non-hydrogen) atoms. The molecule has 0 spiro atoms. The van der Waals surface area contributed by atoms with Gasteiger partial charge in [0.15, 0.2) is 5.65 Å². The molecule has 2 heterocycles. The van der Waals surface area contributed by atoms with Crippen LogP contribution in [0.15, 0.2) is 41.6 Å². The van der Waals surface area contributed by atoms with E-state index in [9.17, 15) is 20.0 Å². The highest BCUT2D eigenvalue weighted by Crippen LogP contribution is 2.19. The van der Waals surface area contributed by atoms with E-state index in [1.54, 1.807) is 13.1 Å². The number of nitro groups is 1. The van der Waals surface area contributed by atoms with Crippen LogP contribution in [0, 0.1) is 10.1 Å². The van der Waals surface area contributed by atoms with Gasteiger partial charge >= 0.3 is 0 Å². The molecular formula is C15H15N5O5. The van der Waals surface area contributed by atoms with Gasteiger partial charge in [0.05, 0.1) is 23.7 Å². The van der Waals surface area contributed by atoms with Gasteiger partial charge in [-0.2, -0.15) is 5.10 Å². The van der Waals surface area contributed by atoms with E-state index < -0.39 is 11.0 Å². The summed E-state index contributed by atoms with van der Waals surface area (Å²) in [7, 11) is 1.68. The molecule has 1 atom stereocenters. The number of nitrogens with zero attached hydrogens (tertiary/aromatic N) is 5. The highest BCUT2D eigenvalue weighted by Gasteiger charge is 2.13. The van der Waals surface area contributed by atoms with Crippen LogP contribution >= 0.6 is 0 Å². The third kappa shape index (κ3) is 3.48. The average molecular weight is 345 g/mol. The van der Waals surface area contributed by atoms with Crippen LogP contribution in [0.5, 0.6) is 5.75 Å². The minimum Gasteiger partial charge on any atom is -0.491 e. The van der Waals surface area contributed by atoms with Crippen LogP contribution in [-0.2, 0) is 13.6 Å². The van der Waals surface area contributed by atoms with Crippen molar-refractivity contribution in [3.8, 4) is 5.75 Å². The Hall–Kier alpha value is -3.27. The number of aliphatic hydroxyl groups excluding tert-OH is 1. The van der Waals surface area contributed by atoms with Crippen LogP contribution in [-0.4, -0.2) is 42.1 Å². The first kappa shape index (κ1) is 16.6. The van der Waals surface area contributed by atoms with Crippen LogP contribution in [0.3, 0.4) is 0 Å². The Balaban J connectivity index is 1.68. The van der Waals surface area contributed by atoms with E-state index in [0.29, 0.717) is 11.0 Å². The molecule has 10 heteroatoms. The monoisotopic (exact) mass is 345 g/mol. The van der Waals surface area contributed by atoms with E-state index in [2.05, 4.69) is 10.1 Å². The minimum absolute atomic E-state index is 0.0222. The van der Waals surface area contributed by atoms with Gasteiger partial charge < -0.3 is 9.84 Å². The Kier molecular flexibility index (Phi) is 4.44. The number of hydrogen-bond donors (Lipinski definition) is 1. The van der Waals surface area contributed by atoms with Gasteiger partial charge in [0.2, 0.25) is 0 Å². The number of rotatable bonds is 6. The summed E-state index contributed by atoms with van der Waals surface area (Å²) < 4.78 is 8.11. The second-order valence-electron chi connectivity index (χ2n) is 5.43. The number of aryl methyl sites for hydroxylation is 1. The van der Waals surface area contributed by atoms with E-state index in [-0.39, 0.29) is 30.1 Å². The number of aromatic nitrogens is 4. The van der Waals surface area contributed by atoms with Crippen molar-refractivity contribution in [1.29, 1.82) is 0 Å². The normalized spacial score (nSPS) is 12.2. The van der Waals surface area contributed by atoms with Crippen molar-refractivity contribution in [2.45, 2.75) is 12.6 Å².